The number of nitrogens with one attached hydrogen (secondary N) is 1. The number of amides is 1. The van der Waals surface area contributed by atoms with Gasteiger partial charge in [-0.05, 0) is 30.7 Å². The van der Waals surface area contributed by atoms with Crippen LogP contribution >= 0.6 is 11.6 Å². The van der Waals surface area contributed by atoms with Crippen molar-refractivity contribution in [3.05, 3.63) is 23.1 Å². The van der Waals surface area contributed by atoms with E-state index in [1.165, 1.54) is 12.1 Å². The van der Waals surface area contributed by atoms with Gasteiger partial charge in [0.2, 0.25) is 0 Å². The van der Waals surface area contributed by atoms with Crippen molar-refractivity contribution in [2.45, 2.75) is 26.3 Å². The summed E-state index contributed by atoms with van der Waals surface area (Å²) in [4.78, 5) is 22.7. The van der Waals surface area contributed by atoms with Gasteiger partial charge >= 0.3 is 0 Å². The van der Waals surface area contributed by atoms with E-state index in [2.05, 4.69) is 5.32 Å². The molecule has 1 heterocycles. The molecule has 0 saturated heterocycles. The molecule has 0 aromatic carbocycles. The van der Waals surface area contributed by atoms with E-state index in [9.17, 15) is 9.59 Å². The molecule has 0 aliphatic heterocycles. The van der Waals surface area contributed by atoms with Crippen molar-refractivity contribution in [2.75, 3.05) is 0 Å². The molecule has 82 valence electrons. The third kappa shape index (κ3) is 3.09. The van der Waals surface area contributed by atoms with Gasteiger partial charge in [-0.2, -0.15) is 0 Å². The zero-order valence-corrected chi connectivity index (χ0v) is 9.30. The minimum atomic E-state index is -0.508. The highest BCUT2D eigenvalue weighted by Crippen LogP contribution is 2.12. The monoisotopic (exact) mass is 229 g/mol. The highest BCUT2D eigenvalue weighted by atomic mass is 35.5. The minimum absolute atomic E-state index is 0.0268. The predicted octanol–water partition coefficient (Wildman–Crippen LogP) is 2.03. The van der Waals surface area contributed by atoms with E-state index in [1.807, 2.05) is 0 Å². The zero-order valence-electron chi connectivity index (χ0n) is 8.54. The van der Waals surface area contributed by atoms with E-state index in [-0.39, 0.29) is 16.8 Å². The first-order chi connectivity index (χ1) is 7.04. The van der Waals surface area contributed by atoms with Crippen LogP contribution in [0.1, 0.15) is 30.8 Å². The van der Waals surface area contributed by atoms with E-state index >= 15 is 0 Å². The summed E-state index contributed by atoms with van der Waals surface area (Å²) in [5.41, 5.74) is 0. The molecule has 0 bridgehead atoms. The van der Waals surface area contributed by atoms with Gasteiger partial charge in [0.25, 0.3) is 5.91 Å². The number of Topliss-reactive ketones (excluding diaryl/α,β-unsaturated/α-hetero) is 1. The smallest absolute Gasteiger partial charge is 0.287 e. The lowest BCUT2D eigenvalue weighted by atomic mass is 10.1. The van der Waals surface area contributed by atoms with Crippen LogP contribution in [0.25, 0.3) is 0 Å². The normalized spacial score (nSPS) is 12.2. The first-order valence-electron chi connectivity index (χ1n) is 4.63. The summed E-state index contributed by atoms with van der Waals surface area (Å²) in [6, 6.07) is 2.43. The van der Waals surface area contributed by atoms with Crippen molar-refractivity contribution in [3.8, 4) is 0 Å². The highest BCUT2D eigenvalue weighted by molar-refractivity contribution is 6.29. The number of rotatable bonds is 4. The van der Waals surface area contributed by atoms with Crippen molar-refractivity contribution in [1.29, 1.82) is 0 Å². The number of carbonyl (C=O) groups excluding carboxylic acids is 2. The summed E-state index contributed by atoms with van der Waals surface area (Å²) in [5, 5.41) is 2.67. The van der Waals surface area contributed by atoms with Gasteiger partial charge in [-0.25, -0.2) is 0 Å². The van der Waals surface area contributed by atoms with Gasteiger partial charge in [0, 0.05) is 6.42 Å². The summed E-state index contributed by atoms with van der Waals surface area (Å²) >= 11 is 5.52. The van der Waals surface area contributed by atoms with Crippen LogP contribution in [0.3, 0.4) is 0 Å². The van der Waals surface area contributed by atoms with Gasteiger partial charge in [-0.15, -0.1) is 0 Å². The molecule has 0 fully saturated rings. The number of ketones is 1. The first kappa shape index (κ1) is 11.8. The summed E-state index contributed by atoms with van der Waals surface area (Å²) in [5.74, 6) is -0.354. The SMILES string of the molecule is CCC(=O)C(C)NC(=O)c1ccc(Cl)o1. The van der Waals surface area contributed by atoms with Crippen molar-refractivity contribution in [1.82, 2.24) is 5.32 Å². The molecule has 0 aliphatic carbocycles. The molecule has 4 nitrogen and oxygen atoms in total. The highest BCUT2D eigenvalue weighted by Gasteiger charge is 2.17. The minimum Gasteiger partial charge on any atom is -0.440 e. The Bertz CT molecular complexity index is 372. The Morgan fingerprint density at radius 1 is 1.53 bits per heavy atom. The molecular weight excluding hydrogens is 218 g/mol. The molecule has 1 unspecified atom stereocenters. The molecule has 1 N–H and O–H groups in total. The maximum absolute atomic E-state index is 11.5. The van der Waals surface area contributed by atoms with Crippen LogP contribution in [-0.4, -0.2) is 17.7 Å². The van der Waals surface area contributed by atoms with Crippen molar-refractivity contribution in [3.63, 3.8) is 0 Å². The lowest BCUT2D eigenvalue weighted by Gasteiger charge is -2.09. The quantitative estimate of drug-likeness (QED) is 0.860. The van der Waals surface area contributed by atoms with E-state index < -0.39 is 11.9 Å². The lowest BCUT2D eigenvalue weighted by molar-refractivity contribution is -0.120. The second-order valence-electron chi connectivity index (χ2n) is 3.12. The Kier molecular flexibility index (Phi) is 3.91. The van der Waals surface area contributed by atoms with E-state index in [0.717, 1.165) is 0 Å². The van der Waals surface area contributed by atoms with Crippen LogP contribution in [-0.2, 0) is 4.79 Å². The number of hydrogen-bond acceptors (Lipinski definition) is 3. The molecule has 1 atom stereocenters. The Morgan fingerprint density at radius 3 is 2.67 bits per heavy atom. The van der Waals surface area contributed by atoms with Crippen LogP contribution in [0.2, 0.25) is 5.22 Å². The van der Waals surface area contributed by atoms with Crippen LogP contribution in [0.5, 0.6) is 0 Å². The average Bonchev–Trinajstić information content (AvgIpc) is 2.63. The Labute approximate surface area is 92.6 Å². The van der Waals surface area contributed by atoms with Crippen molar-refractivity contribution < 1.29 is 14.0 Å². The molecule has 0 radical (unpaired) electrons. The number of carbonyl (C=O) groups is 2. The molecule has 1 amide bonds. The molecule has 0 spiro atoms. The number of hydrogen-bond donors (Lipinski definition) is 1. The van der Waals surface area contributed by atoms with Gasteiger partial charge in [-0.1, -0.05) is 6.92 Å². The first-order valence-corrected chi connectivity index (χ1v) is 5.01. The third-order valence-electron chi connectivity index (χ3n) is 1.98. The van der Waals surface area contributed by atoms with Crippen LogP contribution < -0.4 is 5.32 Å². The van der Waals surface area contributed by atoms with E-state index in [0.29, 0.717) is 6.42 Å². The van der Waals surface area contributed by atoms with Gasteiger partial charge in [0.05, 0.1) is 6.04 Å². The standard InChI is InChI=1S/C10H12ClNO3/c1-3-7(13)6(2)12-10(14)8-4-5-9(11)15-8/h4-6H,3H2,1-2H3,(H,12,14). The second-order valence-corrected chi connectivity index (χ2v) is 3.49. The Morgan fingerprint density at radius 2 is 2.20 bits per heavy atom. The van der Waals surface area contributed by atoms with Crippen LogP contribution in [0.15, 0.2) is 16.5 Å². The largest absolute Gasteiger partial charge is 0.440 e. The fourth-order valence-electron chi connectivity index (χ4n) is 1.09. The van der Waals surface area contributed by atoms with Crippen molar-refractivity contribution in [2.24, 2.45) is 0 Å². The summed E-state index contributed by atoms with van der Waals surface area (Å²) < 4.78 is 4.90. The Hall–Kier alpha value is -1.29. The van der Waals surface area contributed by atoms with Crippen molar-refractivity contribution >= 4 is 23.3 Å². The van der Waals surface area contributed by atoms with E-state index in [4.69, 9.17) is 16.0 Å². The lowest BCUT2D eigenvalue weighted by Crippen LogP contribution is -2.37. The zero-order chi connectivity index (χ0) is 11.4. The van der Waals surface area contributed by atoms with Gasteiger partial charge in [0.1, 0.15) is 0 Å². The maximum Gasteiger partial charge on any atom is 0.287 e. The summed E-state index contributed by atoms with van der Waals surface area (Å²) in [6.45, 7) is 3.38. The third-order valence-corrected chi connectivity index (χ3v) is 2.18. The molecule has 15 heavy (non-hydrogen) atoms. The maximum atomic E-state index is 11.5. The van der Waals surface area contributed by atoms with Gasteiger partial charge in [-0.3, -0.25) is 9.59 Å². The molecule has 0 saturated carbocycles. The van der Waals surface area contributed by atoms with Crippen LogP contribution in [0, 0.1) is 0 Å². The van der Waals surface area contributed by atoms with Gasteiger partial charge < -0.3 is 9.73 Å². The molecule has 0 aliphatic rings. The fraction of sp³-hybridized carbons (Fsp3) is 0.400. The fourth-order valence-corrected chi connectivity index (χ4v) is 1.24. The molecule has 1 aromatic heterocycles. The molecule has 1 aromatic rings. The van der Waals surface area contributed by atoms with Crippen LogP contribution in [0.4, 0.5) is 0 Å². The van der Waals surface area contributed by atoms with E-state index in [1.54, 1.807) is 13.8 Å². The topological polar surface area (TPSA) is 59.3 Å². The summed E-state index contributed by atoms with van der Waals surface area (Å²) in [6.07, 6.45) is 0.389. The predicted molar refractivity (Wildman–Crippen MR) is 55.9 cm³/mol. The Balaban J connectivity index is 2.60. The second kappa shape index (κ2) is 4.98. The number of furan rings is 1. The summed E-state index contributed by atoms with van der Waals surface area (Å²) in [7, 11) is 0. The molecule has 1 rings (SSSR count). The average molecular weight is 230 g/mol. The number of halogens is 1. The molecular formula is C10H12ClNO3. The van der Waals surface area contributed by atoms with Gasteiger partial charge in [0.15, 0.2) is 16.8 Å². The molecule has 5 heteroatoms.